The van der Waals surface area contributed by atoms with Gasteiger partial charge in [0.2, 0.25) is 0 Å². The Morgan fingerprint density at radius 2 is 1.62 bits per heavy atom. The molecule has 24 heavy (non-hydrogen) atoms. The van der Waals surface area contributed by atoms with Gasteiger partial charge < -0.3 is 0 Å². The van der Waals surface area contributed by atoms with E-state index in [9.17, 15) is 13.2 Å². The lowest BCUT2D eigenvalue weighted by atomic mass is 9.77. The summed E-state index contributed by atoms with van der Waals surface area (Å²) < 4.78 is 39.8. The van der Waals surface area contributed by atoms with Crippen LogP contribution in [0.1, 0.15) is 94.9 Å². The van der Waals surface area contributed by atoms with Gasteiger partial charge in [0.25, 0.3) is 5.92 Å². The van der Waals surface area contributed by atoms with Crippen LogP contribution in [0.15, 0.2) is 24.3 Å². The molecule has 1 aromatic carbocycles. The van der Waals surface area contributed by atoms with E-state index in [0.717, 1.165) is 5.92 Å². The maximum atomic E-state index is 13.7. The van der Waals surface area contributed by atoms with Crippen LogP contribution in [-0.2, 0) is 0 Å². The highest BCUT2D eigenvalue weighted by Gasteiger charge is 2.35. The van der Waals surface area contributed by atoms with E-state index in [1.165, 1.54) is 75.5 Å². The lowest BCUT2D eigenvalue weighted by Gasteiger charge is -2.29. The second kappa shape index (κ2) is 8.92. The van der Waals surface area contributed by atoms with E-state index < -0.39 is 12.1 Å². The normalized spacial score (nSPS) is 23.2. The van der Waals surface area contributed by atoms with Gasteiger partial charge in [-0.3, -0.25) is 0 Å². The van der Waals surface area contributed by atoms with E-state index in [2.05, 4.69) is 6.92 Å². The molecule has 0 radical (unpaired) electrons. The molecule has 0 spiro atoms. The van der Waals surface area contributed by atoms with Crippen molar-refractivity contribution in [2.45, 2.75) is 89.6 Å². The van der Waals surface area contributed by atoms with Crippen LogP contribution in [-0.4, -0.2) is 5.92 Å². The molecule has 2 rings (SSSR count). The first kappa shape index (κ1) is 19.3. The molecular weight excluding hydrogens is 309 g/mol. The molecule has 0 bridgehead atoms. The molecule has 1 atom stereocenters. The maximum Gasteiger partial charge on any atom is 0.280 e. The van der Waals surface area contributed by atoms with Crippen molar-refractivity contribution in [3.05, 3.63) is 35.4 Å². The highest BCUT2D eigenvalue weighted by Crippen LogP contribution is 2.39. The van der Waals surface area contributed by atoms with Gasteiger partial charge in [-0.15, -0.1) is 0 Å². The largest absolute Gasteiger partial charge is 0.280 e. The standard InChI is InChI=1S/C21H31F3/c1-3-4-5-6-7-16-8-10-17(11-9-16)18-12-14-19(15-13-18)20(22)21(2,23)24/h12-17,20H,3-11H2,1-2H3. The highest BCUT2D eigenvalue weighted by atomic mass is 19.3. The Morgan fingerprint density at radius 1 is 1.00 bits per heavy atom. The third kappa shape index (κ3) is 5.53. The van der Waals surface area contributed by atoms with Gasteiger partial charge >= 0.3 is 0 Å². The maximum absolute atomic E-state index is 13.7. The monoisotopic (exact) mass is 340 g/mol. The third-order valence-corrected chi connectivity index (χ3v) is 5.46. The van der Waals surface area contributed by atoms with Gasteiger partial charge in [-0.05, 0) is 48.6 Å². The number of benzene rings is 1. The van der Waals surface area contributed by atoms with Crippen LogP contribution in [0.4, 0.5) is 13.2 Å². The summed E-state index contributed by atoms with van der Waals surface area (Å²) in [6.45, 7) is 2.87. The fraction of sp³-hybridized carbons (Fsp3) is 0.714. The van der Waals surface area contributed by atoms with Gasteiger partial charge in [-0.2, -0.15) is 0 Å². The number of hydrogen-bond acceptors (Lipinski definition) is 0. The van der Waals surface area contributed by atoms with Crippen molar-refractivity contribution in [2.75, 3.05) is 0 Å². The summed E-state index contributed by atoms with van der Waals surface area (Å²) in [5, 5.41) is 0. The van der Waals surface area contributed by atoms with E-state index in [4.69, 9.17) is 0 Å². The summed E-state index contributed by atoms with van der Waals surface area (Å²) in [4.78, 5) is 0. The molecule has 1 unspecified atom stereocenters. The summed E-state index contributed by atoms with van der Waals surface area (Å²) in [6.07, 6.45) is 9.31. The molecule has 0 nitrogen and oxygen atoms in total. The average Bonchev–Trinajstić information content (AvgIpc) is 2.58. The van der Waals surface area contributed by atoms with Crippen molar-refractivity contribution in [3.8, 4) is 0 Å². The number of unbranched alkanes of at least 4 members (excludes halogenated alkanes) is 3. The Kier molecular flexibility index (Phi) is 7.18. The van der Waals surface area contributed by atoms with Crippen molar-refractivity contribution in [3.63, 3.8) is 0 Å². The quantitative estimate of drug-likeness (QED) is 0.427. The highest BCUT2D eigenvalue weighted by molar-refractivity contribution is 5.28. The lowest BCUT2D eigenvalue weighted by Crippen LogP contribution is -2.18. The molecule has 1 fully saturated rings. The SMILES string of the molecule is CCCCCCC1CCC(c2ccc(C(F)C(C)(F)F)cc2)CC1. The minimum absolute atomic E-state index is 0.0795. The average molecular weight is 340 g/mol. The summed E-state index contributed by atoms with van der Waals surface area (Å²) >= 11 is 0. The molecule has 0 amide bonds. The van der Waals surface area contributed by atoms with Crippen molar-refractivity contribution >= 4 is 0 Å². The van der Waals surface area contributed by atoms with Crippen molar-refractivity contribution in [2.24, 2.45) is 5.92 Å². The van der Waals surface area contributed by atoms with Crippen LogP contribution in [0.25, 0.3) is 0 Å². The number of hydrogen-bond donors (Lipinski definition) is 0. The molecule has 136 valence electrons. The molecule has 0 N–H and O–H groups in total. The summed E-state index contributed by atoms with van der Waals surface area (Å²) in [5.41, 5.74) is 1.26. The van der Waals surface area contributed by atoms with Gasteiger partial charge in [-0.25, -0.2) is 13.2 Å². The number of alkyl halides is 3. The molecule has 1 saturated carbocycles. The van der Waals surface area contributed by atoms with Crippen LogP contribution in [0.5, 0.6) is 0 Å². The van der Waals surface area contributed by atoms with Crippen molar-refractivity contribution in [1.29, 1.82) is 0 Å². The number of halogens is 3. The van der Waals surface area contributed by atoms with Crippen LogP contribution in [0.3, 0.4) is 0 Å². The van der Waals surface area contributed by atoms with Crippen LogP contribution >= 0.6 is 0 Å². The van der Waals surface area contributed by atoms with E-state index in [1.54, 1.807) is 0 Å². The summed E-state index contributed by atoms with van der Waals surface area (Å²) in [7, 11) is 0. The van der Waals surface area contributed by atoms with E-state index in [-0.39, 0.29) is 5.56 Å². The lowest BCUT2D eigenvalue weighted by molar-refractivity contribution is -0.0566. The van der Waals surface area contributed by atoms with Gasteiger partial charge in [0.05, 0.1) is 0 Å². The van der Waals surface area contributed by atoms with Crippen LogP contribution in [0, 0.1) is 5.92 Å². The first-order valence-electron chi connectivity index (χ1n) is 9.53. The predicted molar refractivity (Wildman–Crippen MR) is 94.4 cm³/mol. The second-order valence-electron chi connectivity index (χ2n) is 7.55. The van der Waals surface area contributed by atoms with Crippen molar-refractivity contribution in [1.82, 2.24) is 0 Å². The van der Waals surface area contributed by atoms with E-state index >= 15 is 0 Å². The fourth-order valence-corrected chi connectivity index (χ4v) is 3.87. The van der Waals surface area contributed by atoms with Crippen molar-refractivity contribution < 1.29 is 13.2 Å². The number of rotatable bonds is 8. The first-order valence-corrected chi connectivity index (χ1v) is 9.53. The minimum Gasteiger partial charge on any atom is -0.236 e. The molecule has 0 aromatic heterocycles. The Morgan fingerprint density at radius 3 is 2.17 bits per heavy atom. The molecule has 1 aliphatic rings. The minimum atomic E-state index is -3.32. The molecule has 1 aliphatic carbocycles. The molecular formula is C21H31F3. The predicted octanol–water partition coefficient (Wildman–Crippen LogP) is 7.60. The second-order valence-corrected chi connectivity index (χ2v) is 7.55. The summed E-state index contributed by atoms with van der Waals surface area (Å²) in [5.74, 6) is -1.96. The molecule has 0 aliphatic heterocycles. The molecule has 0 heterocycles. The fourth-order valence-electron chi connectivity index (χ4n) is 3.87. The molecule has 1 aromatic rings. The molecule has 3 heteroatoms. The Bertz CT molecular complexity index is 467. The first-order chi connectivity index (χ1) is 11.4. The van der Waals surface area contributed by atoms with Gasteiger partial charge in [0.15, 0.2) is 6.17 Å². The zero-order valence-corrected chi connectivity index (χ0v) is 15.0. The van der Waals surface area contributed by atoms with Crippen LogP contribution < -0.4 is 0 Å². The van der Waals surface area contributed by atoms with Gasteiger partial charge in [0.1, 0.15) is 0 Å². The topological polar surface area (TPSA) is 0 Å². The Labute approximate surface area is 144 Å². The van der Waals surface area contributed by atoms with E-state index in [1.807, 2.05) is 12.1 Å². The Hall–Kier alpha value is -0.990. The Balaban J connectivity index is 1.82. The zero-order chi connectivity index (χ0) is 17.6. The van der Waals surface area contributed by atoms with Gasteiger partial charge in [0, 0.05) is 6.92 Å². The molecule has 0 saturated heterocycles. The third-order valence-electron chi connectivity index (χ3n) is 5.46. The zero-order valence-electron chi connectivity index (χ0n) is 15.0. The van der Waals surface area contributed by atoms with Gasteiger partial charge in [-0.1, -0.05) is 63.3 Å². The smallest absolute Gasteiger partial charge is 0.236 e. The van der Waals surface area contributed by atoms with Crippen LogP contribution in [0.2, 0.25) is 0 Å². The summed E-state index contributed by atoms with van der Waals surface area (Å²) in [6, 6.07) is 6.77. The van der Waals surface area contributed by atoms with E-state index in [0.29, 0.717) is 12.8 Å².